The highest BCUT2D eigenvalue weighted by Gasteiger charge is 2.27. The van der Waals surface area contributed by atoms with Crippen molar-refractivity contribution in [1.29, 1.82) is 0 Å². The minimum Gasteiger partial charge on any atom is -0.467 e. The van der Waals surface area contributed by atoms with Crippen LogP contribution in [-0.2, 0) is 6.54 Å². The summed E-state index contributed by atoms with van der Waals surface area (Å²) in [5.41, 5.74) is 0.846. The second-order valence-corrected chi connectivity index (χ2v) is 7.88. The van der Waals surface area contributed by atoms with E-state index in [1.807, 2.05) is 19.0 Å². The van der Waals surface area contributed by atoms with Gasteiger partial charge in [0, 0.05) is 24.0 Å². The fourth-order valence-electron chi connectivity index (χ4n) is 3.44. The molecule has 0 spiro atoms. The molecule has 0 radical (unpaired) electrons. The Bertz CT molecular complexity index is 1260. The Morgan fingerprint density at radius 1 is 1.00 bits per heavy atom. The summed E-state index contributed by atoms with van der Waals surface area (Å²) in [5.74, 6) is -0.820. The number of carbonyl (C=O) groups is 2. The van der Waals surface area contributed by atoms with Crippen LogP contribution in [0.25, 0.3) is 11.0 Å². The number of nitrogens with one attached hydrogen (secondary N) is 1. The van der Waals surface area contributed by atoms with Crippen LogP contribution in [0.5, 0.6) is 0 Å². The van der Waals surface area contributed by atoms with Crippen LogP contribution in [0, 0.1) is 5.82 Å². The van der Waals surface area contributed by atoms with Crippen LogP contribution < -0.4 is 5.32 Å². The largest absolute Gasteiger partial charge is 0.467 e. The van der Waals surface area contributed by atoms with E-state index < -0.39 is 11.7 Å². The maximum absolute atomic E-state index is 13.6. The van der Waals surface area contributed by atoms with Crippen LogP contribution >= 0.6 is 0 Å². The summed E-state index contributed by atoms with van der Waals surface area (Å²) < 4.78 is 25.0. The lowest BCUT2D eigenvalue weighted by molar-refractivity contribution is 0.0691. The van der Waals surface area contributed by atoms with Gasteiger partial charge in [0.15, 0.2) is 0 Å². The maximum Gasteiger partial charge on any atom is 0.292 e. The topological polar surface area (TPSA) is 78.9 Å². The molecule has 0 aliphatic heterocycles. The number of rotatable bonds is 8. The van der Waals surface area contributed by atoms with Gasteiger partial charge in [-0.15, -0.1) is 0 Å². The van der Waals surface area contributed by atoms with Gasteiger partial charge in [-0.25, -0.2) is 4.39 Å². The van der Waals surface area contributed by atoms with Gasteiger partial charge >= 0.3 is 0 Å². The number of fused-ring (bicyclic) bond motifs is 1. The van der Waals surface area contributed by atoms with Gasteiger partial charge in [-0.3, -0.25) is 9.59 Å². The molecule has 2 aromatic carbocycles. The Balaban J connectivity index is 1.70. The highest BCUT2D eigenvalue weighted by atomic mass is 19.1. The molecule has 0 aliphatic rings. The molecule has 0 bridgehead atoms. The number of amides is 2. The summed E-state index contributed by atoms with van der Waals surface area (Å²) in [6, 6.07) is 16.0. The van der Waals surface area contributed by atoms with Crippen LogP contribution in [-0.4, -0.2) is 48.8 Å². The van der Waals surface area contributed by atoms with Crippen LogP contribution in [0.4, 0.5) is 10.1 Å². The van der Waals surface area contributed by atoms with Gasteiger partial charge in [0.1, 0.15) is 22.8 Å². The number of hydrogen-bond donors (Lipinski definition) is 1. The zero-order valence-corrected chi connectivity index (χ0v) is 18.4. The van der Waals surface area contributed by atoms with E-state index in [0.717, 1.165) is 6.07 Å². The molecule has 170 valence electrons. The molecule has 4 rings (SSSR count). The number of anilines is 1. The van der Waals surface area contributed by atoms with Gasteiger partial charge in [-0.05, 0) is 56.6 Å². The van der Waals surface area contributed by atoms with Crippen molar-refractivity contribution in [3.8, 4) is 0 Å². The second kappa shape index (κ2) is 9.70. The molecule has 8 heteroatoms. The van der Waals surface area contributed by atoms with Crippen LogP contribution in [0.2, 0.25) is 0 Å². The summed E-state index contributed by atoms with van der Waals surface area (Å²) in [6.07, 6.45) is 1.55. The predicted octanol–water partition coefficient (Wildman–Crippen LogP) is 4.62. The van der Waals surface area contributed by atoms with Crippen molar-refractivity contribution in [2.24, 2.45) is 0 Å². The number of nitrogens with zero attached hydrogens (tertiary/aromatic N) is 2. The molecule has 2 aromatic heterocycles. The van der Waals surface area contributed by atoms with Crippen molar-refractivity contribution in [3.05, 3.63) is 89.8 Å². The molecule has 33 heavy (non-hydrogen) atoms. The lowest BCUT2D eigenvalue weighted by Crippen LogP contribution is -2.36. The first-order chi connectivity index (χ1) is 15.9. The Kier molecular flexibility index (Phi) is 6.55. The fraction of sp³-hybridized carbons (Fsp3) is 0.200. The molecule has 4 aromatic rings. The van der Waals surface area contributed by atoms with Gasteiger partial charge in [0.2, 0.25) is 5.76 Å². The third-order valence-corrected chi connectivity index (χ3v) is 5.15. The smallest absolute Gasteiger partial charge is 0.292 e. The van der Waals surface area contributed by atoms with Crippen molar-refractivity contribution in [1.82, 2.24) is 9.80 Å². The molecule has 2 amide bonds. The minimum atomic E-state index is -0.541. The van der Waals surface area contributed by atoms with E-state index in [-0.39, 0.29) is 29.5 Å². The first-order valence-corrected chi connectivity index (χ1v) is 10.5. The highest BCUT2D eigenvalue weighted by molar-refractivity contribution is 6.14. The summed E-state index contributed by atoms with van der Waals surface area (Å²) >= 11 is 0. The number of furan rings is 2. The van der Waals surface area contributed by atoms with E-state index in [2.05, 4.69) is 5.32 Å². The molecule has 0 fully saturated rings. The Morgan fingerprint density at radius 3 is 2.55 bits per heavy atom. The van der Waals surface area contributed by atoms with E-state index >= 15 is 0 Å². The van der Waals surface area contributed by atoms with Gasteiger partial charge in [-0.1, -0.05) is 18.2 Å². The molecule has 0 unspecified atom stereocenters. The molecule has 0 aliphatic carbocycles. The molecule has 1 N–H and O–H groups in total. The molecule has 2 heterocycles. The number of carbonyl (C=O) groups excluding carboxylic acids is 2. The third kappa shape index (κ3) is 5.12. The van der Waals surface area contributed by atoms with Gasteiger partial charge in [-0.2, -0.15) is 0 Å². The molecule has 0 atom stereocenters. The summed E-state index contributed by atoms with van der Waals surface area (Å²) in [7, 11) is 3.84. The van der Waals surface area contributed by atoms with Gasteiger partial charge in [0.25, 0.3) is 11.8 Å². The van der Waals surface area contributed by atoms with Crippen LogP contribution in [0.1, 0.15) is 26.7 Å². The van der Waals surface area contributed by atoms with Gasteiger partial charge in [0.05, 0.1) is 12.8 Å². The summed E-state index contributed by atoms with van der Waals surface area (Å²) in [6.45, 7) is 1.28. The van der Waals surface area contributed by atoms with E-state index in [1.54, 1.807) is 47.6 Å². The van der Waals surface area contributed by atoms with E-state index in [4.69, 9.17) is 8.83 Å². The summed E-state index contributed by atoms with van der Waals surface area (Å²) in [4.78, 5) is 30.0. The average Bonchev–Trinajstić information content (AvgIpc) is 3.44. The third-order valence-electron chi connectivity index (χ3n) is 5.15. The maximum atomic E-state index is 13.6. The fourth-order valence-corrected chi connectivity index (χ4v) is 3.44. The highest BCUT2D eigenvalue weighted by Crippen LogP contribution is 2.32. The Labute approximate surface area is 190 Å². The first kappa shape index (κ1) is 22.3. The minimum absolute atomic E-state index is 0.00580. The van der Waals surface area contributed by atoms with Crippen molar-refractivity contribution in [2.45, 2.75) is 6.54 Å². The number of para-hydroxylation sites is 1. The second-order valence-electron chi connectivity index (χ2n) is 7.88. The van der Waals surface area contributed by atoms with Gasteiger partial charge < -0.3 is 24.0 Å². The lowest BCUT2D eigenvalue weighted by Gasteiger charge is -2.23. The lowest BCUT2D eigenvalue weighted by atomic mass is 10.1. The van der Waals surface area contributed by atoms with Crippen molar-refractivity contribution >= 4 is 28.5 Å². The SMILES string of the molecule is CN(C)CCN(Cc1ccco1)C(=O)c1oc2ccccc2c1NC(=O)c1cccc(F)c1. The van der Waals surface area contributed by atoms with E-state index in [1.165, 1.54) is 18.2 Å². The Morgan fingerprint density at radius 2 is 1.82 bits per heavy atom. The van der Waals surface area contributed by atoms with Crippen molar-refractivity contribution < 1.29 is 22.8 Å². The van der Waals surface area contributed by atoms with E-state index in [9.17, 15) is 14.0 Å². The quantitative estimate of drug-likeness (QED) is 0.425. The molecule has 0 saturated carbocycles. The number of benzene rings is 2. The van der Waals surface area contributed by atoms with Crippen molar-refractivity contribution in [2.75, 3.05) is 32.5 Å². The molecular weight excluding hydrogens is 425 g/mol. The van der Waals surface area contributed by atoms with Crippen molar-refractivity contribution in [3.63, 3.8) is 0 Å². The predicted molar refractivity (Wildman–Crippen MR) is 123 cm³/mol. The molecular formula is C25H24FN3O4. The van der Waals surface area contributed by atoms with E-state index in [0.29, 0.717) is 29.8 Å². The summed E-state index contributed by atoms with van der Waals surface area (Å²) in [5, 5.41) is 3.34. The average molecular weight is 449 g/mol. The number of likely N-dealkylation sites (N-methyl/N-ethyl adjacent to an activating group) is 1. The monoisotopic (exact) mass is 449 g/mol. The zero-order chi connectivity index (χ0) is 23.4. The molecule has 0 saturated heterocycles. The Hall–Kier alpha value is -3.91. The normalized spacial score (nSPS) is 11.2. The zero-order valence-electron chi connectivity index (χ0n) is 18.4. The number of hydrogen-bond acceptors (Lipinski definition) is 5. The first-order valence-electron chi connectivity index (χ1n) is 10.5. The van der Waals surface area contributed by atoms with Crippen LogP contribution in [0.3, 0.4) is 0 Å². The van der Waals surface area contributed by atoms with Crippen LogP contribution in [0.15, 0.2) is 75.8 Å². The standard InChI is InChI=1S/C25H24FN3O4/c1-28(2)12-13-29(16-19-9-6-14-32-19)25(31)23-22(20-10-3-4-11-21(20)33-23)27-24(30)17-7-5-8-18(26)15-17/h3-11,14-15H,12-13,16H2,1-2H3,(H,27,30). The number of halogens is 1. The molecule has 7 nitrogen and oxygen atoms in total.